The number of aromatic nitrogens is 3. The minimum Gasteiger partial charge on any atom is -0.222 e. The number of hydrogen-bond acceptors (Lipinski definition) is 2. The minimum atomic E-state index is 0.477. The third kappa shape index (κ3) is 3.06. The van der Waals surface area contributed by atoms with Crippen LogP contribution in [0.2, 0.25) is 5.15 Å². The molecule has 2 heterocycles. The van der Waals surface area contributed by atoms with Crippen molar-refractivity contribution >= 4 is 11.6 Å². The van der Waals surface area contributed by atoms with Crippen LogP contribution in [-0.2, 0) is 0 Å². The largest absolute Gasteiger partial charge is 0.222 e. The van der Waals surface area contributed by atoms with E-state index < -0.39 is 0 Å². The zero-order valence-corrected chi connectivity index (χ0v) is 9.86. The molecule has 2 rings (SSSR count). The van der Waals surface area contributed by atoms with Gasteiger partial charge in [0.05, 0.1) is 5.69 Å². The Morgan fingerprint density at radius 3 is 2.47 bits per heavy atom. The molecule has 0 bridgehead atoms. The van der Waals surface area contributed by atoms with E-state index in [9.17, 15) is 0 Å². The standard InChI is InChI=1S/C9H8ClN3.C2H6/c1-7-5-6-13(12-7)9-4-2-3-8(10)11-9;1-2/h2-6H,1H3;1-2H3. The van der Waals surface area contributed by atoms with Crippen molar-refractivity contribution in [3.8, 4) is 5.82 Å². The molecule has 4 heteroatoms. The molecule has 0 spiro atoms. The van der Waals surface area contributed by atoms with Gasteiger partial charge in [-0.25, -0.2) is 9.67 Å². The Labute approximate surface area is 94.7 Å². The van der Waals surface area contributed by atoms with Crippen LogP contribution in [0, 0.1) is 6.92 Å². The molecular weight excluding hydrogens is 210 g/mol. The van der Waals surface area contributed by atoms with E-state index in [1.807, 2.05) is 45.2 Å². The molecule has 0 radical (unpaired) electrons. The van der Waals surface area contributed by atoms with Gasteiger partial charge < -0.3 is 0 Å². The molecule has 2 aromatic rings. The maximum atomic E-state index is 5.75. The molecule has 80 valence electrons. The molecule has 0 N–H and O–H groups in total. The van der Waals surface area contributed by atoms with Crippen LogP contribution in [0.25, 0.3) is 5.82 Å². The molecule has 0 aromatic carbocycles. The molecule has 0 aliphatic rings. The second-order valence-corrected chi connectivity index (χ2v) is 3.11. The van der Waals surface area contributed by atoms with Crippen molar-refractivity contribution < 1.29 is 0 Å². The number of halogens is 1. The van der Waals surface area contributed by atoms with Crippen LogP contribution >= 0.6 is 11.6 Å². The highest BCUT2D eigenvalue weighted by atomic mass is 35.5. The maximum absolute atomic E-state index is 5.75. The predicted octanol–water partition coefficient (Wildman–Crippen LogP) is 3.26. The number of nitrogens with zero attached hydrogens (tertiary/aromatic N) is 3. The zero-order chi connectivity index (χ0) is 11.3. The summed E-state index contributed by atoms with van der Waals surface area (Å²) in [5.41, 5.74) is 0.960. The van der Waals surface area contributed by atoms with Gasteiger partial charge in [-0.1, -0.05) is 31.5 Å². The van der Waals surface area contributed by atoms with Crippen molar-refractivity contribution in [2.75, 3.05) is 0 Å². The second-order valence-electron chi connectivity index (χ2n) is 2.72. The Hall–Kier alpha value is -1.35. The van der Waals surface area contributed by atoms with Crippen LogP contribution in [0.15, 0.2) is 30.5 Å². The topological polar surface area (TPSA) is 30.7 Å². The van der Waals surface area contributed by atoms with Crippen molar-refractivity contribution in [1.82, 2.24) is 14.8 Å². The van der Waals surface area contributed by atoms with E-state index in [2.05, 4.69) is 10.1 Å². The quantitative estimate of drug-likeness (QED) is 0.695. The molecule has 0 saturated heterocycles. The smallest absolute Gasteiger partial charge is 0.155 e. The highest BCUT2D eigenvalue weighted by Crippen LogP contribution is 2.08. The van der Waals surface area contributed by atoms with Crippen molar-refractivity contribution in [2.45, 2.75) is 20.8 Å². The predicted molar refractivity (Wildman–Crippen MR) is 62.5 cm³/mol. The first-order valence-corrected chi connectivity index (χ1v) is 5.29. The molecule has 0 atom stereocenters. The van der Waals surface area contributed by atoms with Crippen LogP contribution in [0.5, 0.6) is 0 Å². The molecule has 0 aliphatic carbocycles. The van der Waals surface area contributed by atoms with Gasteiger partial charge in [0.25, 0.3) is 0 Å². The minimum absolute atomic E-state index is 0.477. The van der Waals surface area contributed by atoms with E-state index in [1.165, 1.54) is 0 Å². The third-order valence-corrected chi connectivity index (χ3v) is 1.87. The van der Waals surface area contributed by atoms with Crippen LogP contribution in [0.3, 0.4) is 0 Å². The Bertz CT molecular complexity index is 423. The molecule has 0 aliphatic heterocycles. The lowest BCUT2D eigenvalue weighted by Gasteiger charge is -1.99. The maximum Gasteiger partial charge on any atom is 0.155 e. The molecule has 0 unspecified atom stereocenters. The first-order valence-electron chi connectivity index (χ1n) is 4.91. The van der Waals surface area contributed by atoms with Crippen molar-refractivity contribution in [1.29, 1.82) is 0 Å². The summed E-state index contributed by atoms with van der Waals surface area (Å²) < 4.78 is 1.70. The molecule has 15 heavy (non-hydrogen) atoms. The fourth-order valence-electron chi connectivity index (χ4n) is 1.07. The Kier molecular flexibility index (Phi) is 4.31. The zero-order valence-electron chi connectivity index (χ0n) is 9.11. The van der Waals surface area contributed by atoms with E-state index in [4.69, 9.17) is 11.6 Å². The average Bonchev–Trinajstić information content (AvgIpc) is 2.68. The van der Waals surface area contributed by atoms with Gasteiger partial charge in [0, 0.05) is 6.20 Å². The van der Waals surface area contributed by atoms with Crippen LogP contribution in [0.1, 0.15) is 19.5 Å². The highest BCUT2D eigenvalue weighted by molar-refractivity contribution is 6.29. The van der Waals surface area contributed by atoms with Crippen molar-refractivity contribution in [3.05, 3.63) is 41.3 Å². The number of hydrogen-bond donors (Lipinski definition) is 0. The average molecular weight is 224 g/mol. The van der Waals surface area contributed by atoms with Crippen LogP contribution in [0.4, 0.5) is 0 Å². The summed E-state index contributed by atoms with van der Waals surface area (Å²) in [6.45, 7) is 5.93. The summed E-state index contributed by atoms with van der Waals surface area (Å²) in [7, 11) is 0. The lowest BCUT2D eigenvalue weighted by molar-refractivity contribution is 0.832. The van der Waals surface area contributed by atoms with Gasteiger partial charge in [0.15, 0.2) is 5.82 Å². The summed E-state index contributed by atoms with van der Waals surface area (Å²) in [5.74, 6) is 0.737. The van der Waals surface area contributed by atoms with Crippen molar-refractivity contribution in [3.63, 3.8) is 0 Å². The van der Waals surface area contributed by atoms with Crippen LogP contribution < -0.4 is 0 Å². The fourth-order valence-corrected chi connectivity index (χ4v) is 1.23. The van der Waals surface area contributed by atoms with E-state index in [1.54, 1.807) is 10.7 Å². The summed E-state index contributed by atoms with van der Waals surface area (Å²) in [5, 5.41) is 4.70. The first kappa shape index (κ1) is 11.7. The summed E-state index contributed by atoms with van der Waals surface area (Å²) in [6.07, 6.45) is 1.86. The van der Waals surface area contributed by atoms with Gasteiger partial charge >= 0.3 is 0 Å². The number of aryl methyl sites for hydroxylation is 1. The van der Waals surface area contributed by atoms with Gasteiger partial charge in [-0.15, -0.1) is 0 Å². The second kappa shape index (κ2) is 5.51. The Morgan fingerprint density at radius 1 is 1.20 bits per heavy atom. The summed E-state index contributed by atoms with van der Waals surface area (Å²) in [6, 6.07) is 7.37. The monoisotopic (exact) mass is 223 g/mol. The normalized spacial score (nSPS) is 9.33. The molecule has 0 saturated carbocycles. The first-order chi connectivity index (χ1) is 7.25. The lowest BCUT2D eigenvalue weighted by atomic mass is 10.5. The molecular formula is C11H14ClN3. The fraction of sp³-hybridized carbons (Fsp3) is 0.273. The van der Waals surface area contributed by atoms with E-state index in [0.29, 0.717) is 5.15 Å². The van der Waals surface area contributed by atoms with Gasteiger partial charge in [-0.3, -0.25) is 0 Å². The van der Waals surface area contributed by atoms with E-state index in [0.717, 1.165) is 11.5 Å². The van der Waals surface area contributed by atoms with Crippen LogP contribution in [-0.4, -0.2) is 14.8 Å². The Balaban J connectivity index is 0.000000531. The Morgan fingerprint density at radius 2 is 1.93 bits per heavy atom. The summed E-state index contributed by atoms with van der Waals surface area (Å²) in [4.78, 5) is 4.12. The number of rotatable bonds is 1. The third-order valence-electron chi connectivity index (χ3n) is 1.66. The van der Waals surface area contributed by atoms with Crippen molar-refractivity contribution in [2.24, 2.45) is 0 Å². The molecule has 0 fully saturated rings. The van der Waals surface area contributed by atoms with Gasteiger partial charge in [0.2, 0.25) is 0 Å². The summed E-state index contributed by atoms with van der Waals surface area (Å²) >= 11 is 5.75. The molecule has 0 amide bonds. The SMILES string of the molecule is CC.Cc1ccn(-c2cccc(Cl)n2)n1. The molecule has 3 nitrogen and oxygen atoms in total. The molecule has 2 aromatic heterocycles. The lowest BCUT2D eigenvalue weighted by Crippen LogP contribution is -1.97. The van der Waals surface area contributed by atoms with Gasteiger partial charge in [-0.2, -0.15) is 5.10 Å². The van der Waals surface area contributed by atoms with E-state index >= 15 is 0 Å². The van der Waals surface area contributed by atoms with Gasteiger partial charge in [0.1, 0.15) is 5.15 Å². The van der Waals surface area contributed by atoms with Gasteiger partial charge in [-0.05, 0) is 25.1 Å². The number of pyridine rings is 1. The van der Waals surface area contributed by atoms with E-state index in [-0.39, 0.29) is 0 Å². The highest BCUT2D eigenvalue weighted by Gasteiger charge is 1.99.